The van der Waals surface area contributed by atoms with Gasteiger partial charge in [0, 0.05) is 19.0 Å². The Morgan fingerprint density at radius 2 is 1.91 bits per heavy atom. The average molecular weight is 476 g/mol. The van der Waals surface area contributed by atoms with Gasteiger partial charge in [-0.05, 0) is 43.8 Å². The number of hydrogen-bond acceptors (Lipinski definition) is 6. The lowest BCUT2D eigenvalue weighted by Gasteiger charge is -2.42. The monoisotopic (exact) mass is 475 g/mol. The predicted octanol–water partition coefficient (Wildman–Crippen LogP) is 2.91. The first-order valence-electron chi connectivity index (χ1n) is 12.2. The van der Waals surface area contributed by atoms with Crippen LogP contribution in [0.25, 0.3) is 0 Å². The summed E-state index contributed by atoms with van der Waals surface area (Å²) in [6.45, 7) is 9.80. The molecule has 1 aromatic carbocycles. The summed E-state index contributed by atoms with van der Waals surface area (Å²) in [5.74, 6) is 2.15. The van der Waals surface area contributed by atoms with E-state index in [1.54, 1.807) is 0 Å². The third kappa shape index (κ3) is 5.65. The van der Waals surface area contributed by atoms with Crippen LogP contribution in [0.5, 0.6) is 0 Å². The Balaban J connectivity index is 1.47. The van der Waals surface area contributed by atoms with Crippen LogP contribution in [0.2, 0.25) is 0 Å². The summed E-state index contributed by atoms with van der Waals surface area (Å²) in [5, 5.41) is 8.42. The van der Waals surface area contributed by atoms with E-state index in [4.69, 9.17) is 4.74 Å². The molecule has 0 amide bonds. The smallest absolute Gasteiger partial charge is 0.215 e. The Hall–Kier alpha value is -1.81. The summed E-state index contributed by atoms with van der Waals surface area (Å²) in [5.41, 5.74) is 1.05. The van der Waals surface area contributed by atoms with E-state index in [0.717, 1.165) is 43.9 Å². The molecule has 1 aliphatic carbocycles. The van der Waals surface area contributed by atoms with Gasteiger partial charge in [0.25, 0.3) is 0 Å². The van der Waals surface area contributed by atoms with Crippen LogP contribution in [0.15, 0.2) is 30.3 Å². The fourth-order valence-electron chi connectivity index (χ4n) is 4.92. The van der Waals surface area contributed by atoms with Gasteiger partial charge in [-0.15, -0.1) is 10.2 Å². The highest BCUT2D eigenvalue weighted by molar-refractivity contribution is 7.90. The number of nitrogens with one attached hydrogen (secondary N) is 1. The molecule has 1 aromatic heterocycles. The molecule has 9 heteroatoms. The minimum atomic E-state index is -3.50. The van der Waals surface area contributed by atoms with Crippen molar-refractivity contribution in [3.05, 3.63) is 47.5 Å². The molecule has 0 spiro atoms. The van der Waals surface area contributed by atoms with Crippen LogP contribution in [-0.2, 0) is 34.3 Å². The Kier molecular flexibility index (Phi) is 7.83. The lowest BCUT2D eigenvalue weighted by molar-refractivity contribution is 0.100. The molecule has 2 atom stereocenters. The molecular weight excluding hydrogens is 438 g/mol. The minimum Gasteiger partial charge on any atom is -0.375 e. The first-order valence-corrected chi connectivity index (χ1v) is 13.7. The summed E-state index contributed by atoms with van der Waals surface area (Å²) < 4.78 is 37.5. The molecule has 1 N–H and O–H groups in total. The van der Waals surface area contributed by atoms with Gasteiger partial charge in [-0.2, -0.15) is 0 Å². The molecule has 1 fully saturated rings. The average Bonchev–Trinajstić information content (AvgIpc) is 3.18. The number of ether oxygens (including phenoxy) is 1. The predicted molar refractivity (Wildman–Crippen MR) is 128 cm³/mol. The number of hydrogen-bond donors (Lipinski definition) is 1. The minimum absolute atomic E-state index is 0.216. The normalized spacial score (nSPS) is 23.8. The second-order valence-corrected chi connectivity index (χ2v) is 11.4. The largest absolute Gasteiger partial charge is 0.375 e. The van der Waals surface area contributed by atoms with Crippen molar-refractivity contribution in [3.8, 4) is 0 Å². The third-order valence-corrected chi connectivity index (χ3v) is 8.96. The SMILES string of the molecule is CCN(CC)C1CC(S(=O)(=O)NC(COCc2ccccc2)c2nnc3n2CCC(C)C3)C1. The molecule has 2 heterocycles. The van der Waals surface area contributed by atoms with Gasteiger partial charge in [-0.25, -0.2) is 13.1 Å². The molecule has 1 aliphatic heterocycles. The van der Waals surface area contributed by atoms with E-state index >= 15 is 0 Å². The van der Waals surface area contributed by atoms with Crippen molar-refractivity contribution in [2.75, 3.05) is 19.7 Å². The molecule has 8 nitrogen and oxygen atoms in total. The number of rotatable bonds is 11. The van der Waals surface area contributed by atoms with E-state index in [2.05, 4.69) is 45.2 Å². The summed E-state index contributed by atoms with van der Waals surface area (Å²) in [7, 11) is -3.50. The van der Waals surface area contributed by atoms with Crippen LogP contribution in [0.4, 0.5) is 0 Å². The van der Waals surface area contributed by atoms with Crippen molar-refractivity contribution in [3.63, 3.8) is 0 Å². The molecular formula is C24H37N5O3S. The summed E-state index contributed by atoms with van der Waals surface area (Å²) >= 11 is 0. The highest BCUT2D eigenvalue weighted by Crippen LogP contribution is 2.32. The maximum Gasteiger partial charge on any atom is 0.215 e. The summed E-state index contributed by atoms with van der Waals surface area (Å²) in [4.78, 5) is 2.34. The Labute approximate surface area is 197 Å². The van der Waals surface area contributed by atoms with Crippen molar-refractivity contribution in [2.45, 2.75) is 76.9 Å². The number of fused-ring (bicyclic) bond motifs is 1. The molecule has 1 saturated carbocycles. The maximum atomic E-state index is 13.3. The number of nitrogens with zero attached hydrogens (tertiary/aromatic N) is 4. The van der Waals surface area contributed by atoms with Gasteiger partial charge >= 0.3 is 0 Å². The van der Waals surface area contributed by atoms with E-state index in [1.165, 1.54) is 0 Å². The Bertz CT molecular complexity index is 1000. The first kappa shape index (κ1) is 24.3. The molecule has 4 rings (SSSR count). The van der Waals surface area contributed by atoms with Crippen LogP contribution >= 0.6 is 0 Å². The van der Waals surface area contributed by atoms with Gasteiger partial charge in [0.1, 0.15) is 11.9 Å². The summed E-state index contributed by atoms with van der Waals surface area (Å²) in [6.07, 6.45) is 3.25. The van der Waals surface area contributed by atoms with Crippen LogP contribution in [0.3, 0.4) is 0 Å². The second-order valence-electron chi connectivity index (χ2n) is 9.41. The lowest BCUT2D eigenvalue weighted by atomic mass is 9.91. The number of aromatic nitrogens is 3. The van der Waals surface area contributed by atoms with E-state index in [0.29, 0.717) is 37.2 Å². The van der Waals surface area contributed by atoms with Gasteiger partial charge < -0.3 is 14.2 Å². The molecule has 0 saturated heterocycles. The fraction of sp³-hybridized carbons (Fsp3) is 0.667. The van der Waals surface area contributed by atoms with Gasteiger partial charge in [0.05, 0.1) is 18.5 Å². The van der Waals surface area contributed by atoms with Crippen molar-refractivity contribution < 1.29 is 13.2 Å². The molecule has 2 unspecified atom stereocenters. The van der Waals surface area contributed by atoms with E-state index in [1.807, 2.05) is 30.3 Å². The van der Waals surface area contributed by atoms with Crippen LogP contribution in [0, 0.1) is 5.92 Å². The van der Waals surface area contributed by atoms with Crippen molar-refractivity contribution >= 4 is 10.0 Å². The molecule has 182 valence electrons. The zero-order valence-electron chi connectivity index (χ0n) is 20.0. The van der Waals surface area contributed by atoms with Gasteiger partial charge in [0.15, 0.2) is 5.82 Å². The molecule has 2 aromatic rings. The quantitative estimate of drug-likeness (QED) is 0.538. The maximum absolute atomic E-state index is 13.3. The third-order valence-electron chi connectivity index (χ3n) is 7.08. The topological polar surface area (TPSA) is 89.3 Å². The zero-order chi connectivity index (χ0) is 23.4. The lowest BCUT2D eigenvalue weighted by Crippen LogP contribution is -2.53. The fourth-order valence-corrected chi connectivity index (χ4v) is 6.63. The molecule has 2 aliphatic rings. The van der Waals surface area contributed by atoms with E-state index in [-0.39, 0.29) is 11.9 Å². The Morgan fingerprint density at radius 3 is 2.61 bits per heavy atom. The van der Waals surface area contributed by atoms with E-state index in [9.17, 15) is 8.42 Å². The summed E-state index contributed by atoms with van der Waals surface area (Å²) in [6, 6.07) is 9.70. The highest BCUT2D eigenvalue weighted by Gasteiger charge is 2.42. The van der Waals surface area contributed by atoms with Gasteiger partial charge in [-0.1, -0.05) is 51.1 Å². The van der Waals surface area contributed by atoms with E-state index < -0.39 is 16.1 Å². The van der Waals surface area contributed by atoms with Crippen LogP contribution in [0.1, 0.15) is 63.3 Å². The number of benzene rings is 1. The van der Waals surface area contributed by atoms with Gasteiger partial charge in [0.2, 0.25) is 10.0 Å². The van der Waals surface area contributed by atoms with Gasteiger partial charge in [-0.3, -0.25) is 0 Å². The zero-order valence-corrected chi connectivity index (χ0v) is 20.8. The van der Waals surface area contributed by atoms with Crippen molar-refractivity contribution in [1.82, 2.24) is 24.4 Å². The van der Waals surface area contributed by atoms with Crippen molar-refractivity contribution in [1.29, 1.82) is 0 Å². The second kappa shape index (κ2) is 10.6. The number of sulfonamides is 1. The first-order chi connectivity index (χ1) is 15.9. The standard InChI is InChI=1S/C24H37N5O3S/c1-4-28(5-2)20-14-21(15-20)33(30,31)27-22(17-32-16-19-9-7-6-8-10-19)24-26-25-23-13-18(3)11-12-29(23)24/h6-10,18,20-22,27H,4-5,11-17H2,1-3H3. The van der Waals surface area contributed by atoms with Crippen LogP contribution < -0.4 is 4.72 Å². The molecule has 33 heavy (non-hydrogen) atoms. The highest BCUT2D eigenvalue weighted by atomic mass is 32.2. The Morgan fingerprint density at radius 1 is 1.18 bits per heavy atom. The molecule has 0 radical (unpaired) electrons. The molecule has 0 bridgehead atoms. The van der Waals surface area contributed by atoms with Crippen LogP contribution in [-0.4, -0.2) is 59.1 Å². The van der Waals surface area contributed by atoms with Crippen molar-refractivity contribution in [2.24, 2.45) is 5.92 Å².